The SMILES string of the molecule is CC(C(=O)NCC1CCC(O)C1)C1CC1. The van der Waals surface area contributed by atoms with Gasteiger partial charge in [0.05, 0.1) is 6.10 Å². The number of hydrogen-bond acceptors (Lipinski definition) is 2. The topological polar surface area (TPSA) is 49.3 Å². The number of hydrogen-bond donors (Lipinski definition) is 2. The molecule has 3 atom stereocenters. The van der Waals surface area contributed by atoms with Crippen molar-refractivity contribution in [2.45, 2.75) is 45.1 Å². The average Bonchev–Trinajstić information content (AvgIpc) is 2.98. The Hall–Kier alpha value is -0.570. The number of nitrogens with one attached hydrogen (secondary N) is 1. The van der Waals surface area contributed by atoms with Gasteiger partial charge in [0, 0.05) is 12.5 Å². The van der Waals surface area contributed by atoms with Crippen molar-refractivity contribution in [3.8, 4) is 0 Å². The zero-order chi connectivity index (χ0) is 10.8. The van der Waals surface area contributed by atoms with E-state index in [2.05, 4.69) is 5.32 Å². The Morgan fingerprint density at radius 2 is 2.13 bits per heavy atom. The third kappa shape index (κ3) is 2.94. The molecule has 2 saturated carbocycles. The lowest BCUT2D eigenvalue weighted by Gasteiger charge is -2.14. The predicted octanol–water partition coefficient (Wildman–Crippen LogP) is 1.31. The molecule has 3 nitrogen and oxygen atoms in total. The van der Waals surface area contributed by atoms with Gasteiger partial charge in [0.2, 0.25) is 5.91 Å². The molecule has 0 radical (unpaired) electrons. The summed E-state index contributed by atoms with van der Waals surface area (Å²) in [5.41, 5.74) is 0. The number of aliphatic hydroxyl groups excluding tert-OH is 1. The molecule has 2 aliphatic rings. The van der Waals surface area contributed by atoms with Crippen LogP contribution in [0, 0.1) is 17.8 Å². The smallest absolute Gasteiger partial charge is 0.223 e. The molecular weight excluding hydrogens is 190 g/mol. The van der Waals surface area contributed by atoms with E-state index in [1.807, 2.05) is 6.92 Å². The number of carbonyl (C=O) groups is 1. The summed E-state index contributed by atoms with van der Waals surface area (Å²) in [6.45, 7) is 2.78. The van der Waals surface area contributed by atoms with Crippen molar-refractivity contribution in [3.05, 3.63) is 0 Å². The lowest BCUT2D eigenvalue weighted by atomic mass is 10.0. The molecule has 0 aromatic carbocycles. The van der Waals surface area contributed by atoms with E-state index in [1.54, 1.807) is 0 Å². The second kappa shape index (κ2) is 4.52. The van der Waals surface area contributed by atoms with Crippen LogP contribution in [0.15, 0.2) is 0 Å². The van der Waals surface area contributed by atoms with Gasteiger partial charge in [-0.25, -0.2) is 0 Å². The highest BCUT2D eigenvalue weighted by atomic mass is 16.3. The molecule has 0 aromatic rings. The van der Waals surface area contributed by atoms with E-state index < -0.39 is 0 Å². The van der Waals surface area contributed by atoms with Crippen LogP contribution in [0.2, 0.25) is 0 Å². The molecule has 86 valence electrons. The van der Waals surface area contributed by atoms with Crippen LogP contribution in [0.25, 0.3) is 0 Å². The van der Waals surface area contributed by atoms with Crippen molar-refractivity contribution < 1.29 is 9.90 Å². The molecule has 3 unspecified atom stereocenters. The maximum atomic E-state index is 11.7. The van der Waals surface area contributed by atoms with Gasteiger partial charge in [0.25, 0.3) is 0 Å². The summed E-state index contributed by atoms with van der Waals surface area (Å²) in [5, 5.41) is 12.4. The first-order valence-corrected chi connectivity index (χ1v) is 6.12. The van der Waals surface area contributed by atoms with E-state index in [1.165, 1.54) is 12.8 Å². The van der Waals surface area contributed by atoms with Gasteiger partial charge in [-0.15, -0.1) is 0 Å². The third-order valence-corrected chi connectivity index (χ3v) is 3.82. The Kier molecular flexibility index (Phi) is 3.29. The third-order valence-electron chi connectivity index (χ3n) is 3.82. The van der Waals surface area contributed by atoms with Gasteiger partial charge < -0.3 is 10.4 Å². The van der Waals surface area contributed by atoms with Crippen molar-refractivity contribution >= 4 is 5.91 Å². The van der Waals surface area contributed by atoms with Crippen LogP contribution in [0.1, 0.15) is 39.0 Å². The van der Waals surface area contributed by atoms with Crippen LogP contribution in [0.5, 0.6) is 0 Å². The van der Waals surface area contributed by atoms with E-state index in [-0.39, 0.29) is 17.9 Å². The molecule has 0 aliphatic heterocycles. The van der Waals surface area contributed by atoms with Crippen LogP contribution in [-0.2, 0) is 4.79 Å². The van der Waals surface area contributed by atoms with Crippen LogP contribution in [0.4, 0.5) is 0 Å². The maximum Gasteiger partial charge on any atom is 0.223 e. The standard InChI is InChI=1S/C12H21NO2/c1-8(10-3-4-10)12(15)13-7-9-2-5-11(14)6-9/h8-11,14H,2-7H2,1H3,(H,13,15). The predicted molar refractivity (Wildman–Crippen MR) is 58.2 cm³/mol. The molecule has 2 aliphatic carbocycles. The van der Waals surface area contributed by atoms with E-state index in [9.17, 15) is 9.90 Å². The van der Waals surface area contributed by atoms with Crippen molar-refractivity contribution in [2.24, 2.45) is 17.8 Å². The molecular formula is C12H21NO2. The molecule has 0 aromatic heterocycles. The van der Waals surface area contributed by atoms with Crippen LogP contribution >= 0.6 is 0 Å². The van der Waals surface area contributed by atoms with Crippen LogP contribution in [0.3, 0.4) is 0 Å². The van der Waals surface area contributed by atoms with E-state index in [0.717, 1.165) is 25.8 Å². The zero-order valence-corrected chi connectivity index (χ0v) is 9.41. The van der Waals surface area contributed by atoms with Crippen LogP contribution < -0.4 is 5.32 Å². The van der Waals surface area contributed by atoms with Crippen molar-refractivity contribution in [1.29, 1.82) is 0 Å². The Labute approximate surface area is 91.2 Å². The fourth-order valence-electron chi connectivity index (χ4n) is 2.45. The summed E-state index contributed by atoms with van der Waals surface area (Å²) in [5.74, 6) is 1.53. The number of carbonyl (C=O) groups excluding carboxylic acids is 1. The summed E-state index contributed by atoms with van der Waals surface area (Å²) >= 11 is 0. The molecule has 0 spiro atoms. The monoisotopic (exact) mass is 211 g/mol. The summed E-state index contributed by atoms with van der Waals surface area (Å²) in [6.07, 6.45) is 5.12. The first-order valence-electron chi connectivity index (χ1n) is 6.12. The maximum absolute atomic E-state index is 11.7. The minimum absolute atomic E-state index is 0.132. The van der Waals surface area contributed by atoms with Gasteiger partial charge in [-0.05, 0) is 43.9 Å². The molecule has 0 heterocycles. The van der Waals surface area contributed by atoms with Gasteiger partial charge in [-0.3, -0.25) is 4.79 Å². The zero-order valence-electron chi connectivity index (χ0n) is 9.41. The molecule has 3 heteroatoms. The number of rotatable bonds is 4. The summed E-state index contributed by atoms with van der Waals surface area (Å²) < 4.78 is 0. The van der Waals surface area contributed by atoms with E-state index in [0.29, 0.717) is 11.8 Å². The number of aliphatic hydroxyl groups is 1. The Morgan fingerprint density at radius 3 is 2.67 bits per heavy atom. The lowest BCUT2D eigenvalue weighted by molar-refractivity contribution is -0.125. The molecule has 15 heavy (non-hydrogen) atoms. The minimum atomic E-state index is -0.132. The summed E-state index contributed by atoms with van der Waals surface area (Å²) in [4.78, 5) is 11.7. The fraction of sp³-hybridized carbons (Fsp3) is 0.917. The highest BCUT2D eigenvalue weighted by molar-refractivity contribution is 5.78. The first kappa shape index (κ1) is 10.9. The molecule has 0 saturated heterocycles. The average molecular weight is 211 g/mol. The lowest BCUT2D eigenvalue weighted by Crippen LogP contribution is -2.33. The highest BCUT2D eigenvalue weighted by Crippen LogP contribution is 2.36. The largest absolute Gasteiger partial charge is 0.393 e. The molecule has 2 fully saturated rings. The normalized spacial score (nSPS) is 32.7. The molecule has 0 bridgehead atoms. The molecule has 2 N–H and O–H groups in total. The summed E-state index contributed by atoms with van der Waals surface area (Å²) in [6, 6.07) is 0. The summed E-state index contributed by atoms with van der Waals surface area (Å²) in [7, 11) is 0. The van der Waals surface area contributed by atoms with Gasteiger partial charge in [0.15, 0.2) is 0 Å². The Morgan fingerprint density at radius 1 is 1.40 bits per heavy atom. The van der Waals surface area contributed by atoms with Gasteiger partial charge in [0.1, 0.15) is 0 Å². The van der Waals surface area contributed by atoms with Gasteiger partial charge in [-0.2, -0.15) is 0 Å². The van der Waals surface area contributed by atoms with Crippen LogP contribution in [-0.4, -0.2) is 23.7 Å². The quantitative estimate of drug-likeness (QED) is 0.736. The molecule has 1 amide bonds. The van der Waals surface area contributed by atoms with Gasteiger partial charge >= 0.3 is 0 Å². The minimum Gasteiger partial charge on any atom is -0.393 e. The Balaban J connectivity index is 1.66. The first-order chi connectivity index (χ1) is 7.16. The fourth-order valence-corrected chi connectivity index (χ4v) is 2.45. The van der Waals surface area contributed by atoms with E-state index in [4.69, 9.17) is 0 Å². The Bertz CT molecular complexity index is 238. The number of amides is 1. The molecule has 2 rings (SSSR count). The van der Waals surface area contributed by atoms with Crippen molar-refractivity contribution in [1.82, 2.24) is 5.32 Å². The second-order valence-corrected chi connectivity index (χ2v) is 5.20. The van der Waals surface area contributed by atoms with E-state index >= 15 is 0 Å². The highest BCUT2D eigenvalue weighted by Gasteiger charge is 2.33. The van der Waals surface area contributed by atoms with Crippen molar-refractivity contribution in [3.63, 3.8) is 0 Å². The van der Waals surface area contributed by atoms with Crippen molar-refractivity contribution in [2.75, 3.05) is 6.54 Å². The van der Waals surface area contributed by atoms with Gasteiger partial charge in [-0.1, -0.05) is 6.92 Å². The second-order valence-electron chi connectivity index (χ2n) is 5.20.